The zero-order valence-corrected chi connectivity index (χ0v) is 8.45. The molecule has 1 fully saturated rings. The van der Waals surface area contributed by atoms with Gasteiger partial charge in [0.25, 0.3) is 0 Å². The number of hydrogen-bond donors (Lipinski definition) is 0. The zero-order chi connectivity index (χ0) is 11.7. The van der Waals surface area contributed by atoms with E-state index >= 15 is 0 Å². The van der Waals surface area contributed by atoms with Gasteiger partial charge in [-0.25, -0.2) is 14.7 Å². The van der Waals surface area contributed by atoms with Gasteiger partial charge in [0, 0.05) is 19.4 Å². The molecule has 7 nitrogen and oxygen atoms in total. The zero-order valence-electron chi connectivity index (χ0n) is 8.45. The molecule has 0 bridgehead atoms. The van der Waals surface area contributed by atoms with E-state index in [1.165, 1.54) is 25.6 Å². The monoisotopic (exact) mass is 220 g/mol. The number of hydrogen-bond acceptors (Lipinski definition) is 5. The van der Waals surface area contributed by atoms with Gasteiger partial charge in [0.2, 0.25) is 11.8 Å². The van der Waals surface area contributed by atoms with Gasteiger partial charge in [-0.3, -0.25) is 19.5 Å². The molecule has 0 aliphatic carbocycles. The number of imide groups is 2. The van der Waals surface area contributed by atoms with Crippen LogP contribution in [0.3, 0.4) is 0 Å². The van der Waals surface area contributed by atoms with Crippen LogP contribution in [-0.4, -0.2) is 39.8 Å². The molecule has 0 saturated carbocycles. The molecule has 0 atom stereocenters. The summed E-state index contributed by atoms with van der Waals surface area (Å²) in [5, 5.41) is 0. The van der Waals surface area contributed by atoms with Gasteiger partial charge in [0.05, 0.1) is 6.20 Å². The Bertz CT molecular complexity index is 459. The summed E-state index contributed by atoms with van der Waals surface area (Å²) in [4.78, 5) is 43.8. The van der Waals surface area contributed by atoms with Gasteiger partial charge >= 0.3 is 6.03 Å². The smallest absolute Gasteiger partial charge is 0.274 e. The van der Waals surface area contributed by atoms with E-state index in [4.69, 9.17) is 0 Å². The highest BCUT2D eigenvalue weighted by atomic mass is 16.2. The molecule has 1 aliphatic rings. The maximum Gasteiger partial charge on any atom is 0.339 e. The third-order valence-corrected chi connectivity index (χ3v) is 2.18. The molecule has 1 aliphatic heterocycles. The third kappa shape index (κ3) is 1.52. The molecule has 82 valence electrons. The molecule has 1 aromatic heterocycles. The summed E-state index contributed by atoms with van der Waals surface area (Å²) in [6.45, 7) is 0. The van der Waals surface area contributed by atoms with Crippen molar-refractivity contribution in [3.8, 4) is 0 Å². The topological polar surface area (TPSA) is 83.5 Å². The minimum absolute atomic E-state index is 0.122. The van der Waals surface area contributed by atoms with E-state index in [1.54, 1.807) is 0 Å². The Morgan fingerprint density at radius 1 is 1.19 bits per heavy atom. The molecule has 0 spiro atoms. The second-order valence-corrected chi connectivity index (χ2v) is 3.20. The van der Waals surface area contributed by atoms with Crippen molar-refractivity contribution in [1.82, 2.24) is 14.9 Å². The maximum absolute atomic E-state index is 11.7. The lowest BCUT2D eigenvalue weighted by atomic mass is 10.2. The number of carbonyl (C=O) groups excluding carboxylic acids is 3. The highest BCUT2D eigenvalue weighted by Crippen LogP contribution is 2.17. The number of nitrogens with zero attached hydrogens (tertiary/aromatic N) is 4. The van der Waals surface area contributed by atoms with Gasteiger partial charge in [-0.05, 0) is 0 Å². The summed E-state index contributed by atoms with van der Waals surface area (Å²) in [6, 6.07) is -0.707. The molecule has 0 unspecified atom stereocenters. The van der Waals surface area contributed by atoms with Crippen molar-refractivity contribution in [2.45, 2.75) is 6.42 Å². The SMILES string of the molecule is CN1C(=O)CC(=O)N(c2cnccn2)C1=O. The minimum atomic E-state index is -0.707. The quantitative estimate of drug-likeness (QED) is 0.611. The van der Waals surface area contributed by atoms with Crippen LogP contribution in [-0.2, 0) is 9.59 Å². The van der Waals surface area contributed by atoms with E-state index in [1.807, 2.05) is 0 Å². The van der Waals surface area contributed by atoms with Gasteiger partial charge in [-0.15, -0.1) is 0 Å². The Morgan fingerprint density at radius 3 is 2.56 bits per heavy atom. The Morgan fingerprint density at radius 2 is 1.94 bits per heavy atom. The largest absolute Gasteiger partial charge is 0.339 e. The predicted molar refractivity (Wildman–Crippen MR) is 52.3 cm³/mol. The summed E-state index contributed by atoms with van der Waals surface area (Å²) in [6.07, 6.45) is 3.75. The van der Waals surface area contributed by atoms with E-state index in [2.05, 4.69) is 9.97 Å². The van der Waals surface area contributed by atoms with Crippen LogP contribution in [0.2, 0.25) is 0 Å². The lowest BCUT2D eigenvalue weighted by Gasteiger charge is -2.28. The Kier molecular flexibility index (Phi) is 2.35. The van der Waals surface area contributed by atoms with E-state index in [0.29, 0.717) is 0 Å². The first-order valence-corrected chi connectivity index (χ1v) is 4.50. The van der Waals surface area contributed by atoms with Crippen LogP contribution in [0, 0.1) is 0 Å². The van der Waals surface area contributed by atoms with Crippen LogP contribution in [0.5, 0.6) is 0 Å². The number of aromatic nitrogens is 2. The van der Waals surface area contributed by atoms with Crippen molar-refractivity contribution in [1.29, 1.82) is 0 Å². The molecule has 0 N–H and O–H groups in total. The van der Waals surface area contributed by atoms with Crippen LogP contribution < -0.4 is 4.90 Å². The van der Waals surface area contributed by atoms with Gasteiger partial charge in [-0.2, -0.15) is 0 Å². The first-order chi connectivity index (χ1) is 7.61. The lowest BCUT2D eigenvalue weighted by Crippen LogP contribution is -2.53. The Balaban J connectivity index is 2.38. The molecule has 16 heavy (non-hydrogen) atoms. The normalized spacial score (nSPS) is 16.9. The van der Waals surface area contributed by atoms with Crippen molar-refractivity contribution in [2.75, 3.05) is 11.9 Å². The summed E-state index contributed by atoms with van der Waals surface area (Å²) in [5.41, 5.74) is 0. The van der Waals surface area contributed by atoms with E-state index in [9.17, 15) is 14.4 Å². The summed E-state index contributed by atoms with van der Waals surface area (Å²) in [7, 11) is 1.32. The fourth-order valence-electron chi connectivity index (χ4n) is 1.32. The average molecular weight is 220 g/mol. The van der Waals surface area contributed by atoms with E-state index in [0.717, 1.165) is 9.80 Å². The van der Waals surface area contributed by atoms with Crippen LogP contribution >= 0.6 is 0 Å². The second-order valence-electron chi connectivity index (χ2n) is 3.20. The van der Waals surface area contributed by atoms with Crippen molar-refractivity contribution in [3.63, 3.8) is 0 Å². The number of carbonyl (C=O) groups is 3. The van der Waals surface area contributed by atoms with Crippen LogP contribution in [0.4, 0.5) is 10.6 Å². The molecule has 2 rings (SSSR count). The molecule has 2 heterocycles. The summed E-state index contributed by atoms with van der Waals surface area (Å²) < 4.78 is 0. The Hall–Kier alpha value is -2.31. The maximum atomic E-state index is 11.7. The number of urea groups is 1. The molecule has 4 amide bonds. The van der Waals surface area contributed by atoms with Gasteiger partial charge in [0.15, 0.2) is 5.82 Å². The number of rotatable bonds is 1. The summed E-state index contributed by atoms with van der Waals surface area (Å²) in [5.74, 6) is -0.986. The van der Waals surface area contributed by atoms with Crippen molar-refractivity contribution < 1.29 is 14.4 Å². The molecule has 7 heteroatoms. The van der Waals surface area contributed by atoms with Crippen LogP contribution in [0.25, 0.3) is 0 Å². The van der Waals surface area contributed by atoms with E-state index < -0.39 is 17.8 Å². The fraction of sp³-hybridized carbons (Fsp3) is 0.222. The first-order valence-electron chi connectivity index (χ1n) is 4.50. The van der Waals surface area contributed by atoms with Crippen molar-refractivity contribution in [3.05, 3.63) is 18.6 Å². The first kappa shape index (κ1) is 10.2. The van der Waals surface area contributed by atoms with Crippen LogP contribution in [0.1, 0.15) is 6.42 Å². The molecular weight excluding hydrogens is 212 g/mol. The fourth-order valence-corrected chi connectivity index (χ4v) is 1.32. The molecule has 0 aromatic carbocycles. The molecule has 1 aromatic rings. The van der Waals surface area contributed by atoms with Gasteiger partial charge < -0.3 is 0 Å². The minimum Gasteiger partial charge on any atom is -0.274 e. The number of anilines is 1. The molecular formula is C9H8N4O3. The van der Waals surface area contributed by atoms with Gasteiger partial charge in [-0.1, -0.05) is 0 Å². The summed E-state index contributed by atoms with van der Waals surface area (Å²) >= 11 is 0. The standard InChI is InChI=1S/C9H8N4O3/c1-12-7(14)4-8(15)13(9(12)16)6-5-10-2-3-11-6/h2-3,5H,4H2,1H3. The average Bonchev–Trinajstić information content (AvgIpc) is 2.28. The van der Waals surface area contributed by atoms with E-state index in [-0.39, 0.29) is 12.2 Å². The number of barbiturate groups is 1. The molecule has 0 radical (unpaired) electrons. The number of amides is 4. The second kappa shape index (κ2) is 3.69. The van der Waals surface area contributed by atoms with Crippen molar-refractivity contribution >= 4 is 23.7 Å². The highest BCUT2D eigenvalue weighted by molar-refractivity contribution is 6.25. The predicted octanol–water partition coefficient (Wildman–Crippen LogP) is -0.208. The lowest BCUT2D eigenvalue weighted by molar-refractivity contribution is -0.134. The van der Waals surface area contributed by atoms with Crippen LogP contribution in [0.15, 0.2) is 18.6 Å². The van der Waals surface area contributed by atoms with Gasteiger partial charge in [0.1, 0.15) is 6.42 Å². The highest BCUT2D eigenvalue weighted by Gasteiger charge is 2.37. The molecule has 1 saturated heterocycles. The van der Waals surface area contributed by atoms with Crippen molar-refractivity contribution in [2.24, 2.45) is 0 Å². The Labute approximate surface area is 90.7 Å². The third-order valence-electron chi connectivity index (χ3n) is 2.18.